The molecule has 0 aliphatic rings. The van der Waals surface area contributed by atoms with E-state index in [0.29, 0.717) is 28.8 Å². The molecule has 0 unspecified atom stereocenters. The highest BCUT2D eigenvalue weighted by Crippen LogP contribution is 2.30. The molecule has 1 amide bonds. The average Bonchev–Trinajstić information content (AvgIpc) is 3.14. The molecule has 7 heteroatoms. The van der Waals surface area contributed by atoms with Crippen LogP contribution in [0.5, 0.6) is 5.75 Å². The summed E-state index contributed by atoms with van der Waals surface area (Å²) in [6.07, 6.45) is -0.968. The summed E-state index contributed by atoms with van der Waals surface area (Å²) in [5, 5.41) is 13.7. The Morgan fingerprint density at radius 3 is 2.36 bits per heavy atom. The third kappa shape index (κ3) is 6.12. The quantitative estimate of drug-likeness (QED) is 0.229. The van der Waals surface area contributed by atoms with Gasteiger partial charge in [-0.1, -0.05) is 55.8 Å². The molecular formula is C32H35ClN2O4. The molecule has 0 aliphatic heterocycles. The van der Waals surface area contributed by atoms with Crippen molar-refractivity contribution in [2.75, 3.05) is 0 Å². The maximum absolute atomic E-state index is 13.2. The largest absolute Gasteiger partial charge is 0.479 e. The number of fused-ring (bicyclic) bond motifs is 1. The number of carbonyl (C=O) groups is 2. The van der Waals surface area contributed by atoms with Crippen molar-refractivity contribution in [2.45, 2.75) is 66.2 Å². The Kier molecular flexibility index (Phi) is 8.36. The molecule has 39 heavy (non-hydrogen) atoms. The van der Waals surface area contributed by atoms with Crippen LogP contribution < -0.4 is 10.1 Å². The molecule has 4 rings (SSSR count). The molecule has 0 saturated carbocycles. The number of carbonyl (C=O) groups excluding carboxylic acids is 1. The van der Waals surface area contributed by atoms with Gasteiger partial charge in [-0.3, -0.25) is 4.79 Å². The fourth-order valence-electron chi connectivity index (χ4n) is 4.70. The highest BCUT2D eigenvalue weighted by Gasteiger charge is 2.18. The lowest BCUT2D eigenvalue weighted by Crippen LogP contribution is -2.26. The Balaban J connectivity index is 1.56. The summed E-state index contributed by atoms with van der Waals surface area (Å²) < 4.78 is 7.61. The molecule has 2 N–H and O–H groups in total. The van der Waals surface area contributed by atoms with Crippen LogP contribution in [0.1, 0.15) is 78.0 Å². The first-order valence-electron chi connectivity index (χ1n) is 13.1. The fourth-order valence-corrected chi connectivity index (χ4v) is 4.93. The molecule has 0 spiro atoms. The van der Waals surface area contributed by atoms with Gasteiger partial charge in [-0.25, -0.2) is 4.79 Å². The number of nitrogens with zero attached hydrogens (tertiary/aromatic N) is 1. The van der Waals surface area contributed by atoms with Gasteiger partial charge in [0.15, 0.2) is 6.10 Å². The second-order valence-electron chi connectivity index (χ2n) is 10.4. The Morgan fingerprint density at radius 2 is 1.69 bits per heavy atom. The normalized spacial score (nSPS) is 12.9. The zero-order chi connectivity index (χ0) is 28.4. The van der Waals surface area contributed by atoms with E-state index in [1.807, 2.05) is 43.3 Å². The monoisotopic (exact) mass is 546 g/mol. The standard InChI is InChI=1S/C32H35ClN2O4/c1-18(2)23-8-7-9-24(14-23)20(4)34-31(36)25-11-13-30-28(15-25)19(3)21(5)35(30)17-26-10-12-27(16-29(26)33)39-22(6)32(37)38/h7-16,18,20,22H,17H2,1-6H3,(H,34,36)(H,37,38)/t20-,22+/m0/s1. The molecule has 0 bridgehead atoms. The first kappa shape index (κ1) is 28.2. The maximum Gasteiger partial charge on any atom is 0.344 e. The maximum atomic E-state index is 13.2. The van der Waals surface area contributed by atoms with E-state index in [-0.39, 0.29) is 11.9 Å². The number of aliphatic carboxylic acids is 1. The molecular weight excluding hydrogens is 512 g/mol. The van der Waals surface area contributed by atoms with Crippen LogP contribution in [0.15, 0.2) is 60.7 Å². The van der Waals surface area contributed by atoms with Crippen molar-refractivity contribution in [1.82, 2.24) is 9.88 Å². The number of halogens is 1. The molecule has 0 fully saturated rings. The molecule has 6 nitrogen and oxygen atoms in total. The SMILES string of the molecule is Cc1c(C)n(Cc2ccc(O[C@H](C)C(=O)O)cc2Cl)c2ccc(C(=O)N[C@@H](C)c3cccc(C(C)C)c3)cc12. The van der Waals surface area contributed by atoms with Gasteiger partial charge in [-0.2, -0.15) is 0 Å². The smallest absolute Gasteiger partial charge is 0.344 e. The zero-order valence-electron chi connectivity index (χ0n) is 23.2. The van der Waals surface area contributed by atoms with E-state index in [1.165, 1.54) is 12.5 Å². The summed E-state index contributed by atoms with van der Waals surface area (Å²) in [6, 6.07) is 19.2. The number of ether oxygens (including phenoxy) is 1. The number of carboxylic acids is 1. The van der Waals surface area contributed by atoms with E-state index < -0.39 is 12.1 Å². The zero-order valence-corrected chi connectivity index (χ0v) is 24.0. The summed E-state index contributed by atoms with van der Waals surface area (Å²) >= 11 is 6.55. The molecule has 1 aromatic heterocycles. The fraction of sp³-hybridized carbons (Fsp3) is 0.312. The van der Waals surface area contributed by atoms with E-state index in [4.69, 9.17) is 21.4 Å². The van der Waals surface area contributed by atoms with Crippen LogP contribution in [-0.2, 0) is 11.3 Å². The van der Waals surface area contributed by atoms with Crippen LogP contribution in [0, 0.1) is 13.8 Å². The lowest BCUT2D eigenvalue weighted by Gasteiger charge is -2.17. The highest BCUT2D eigenvalue weighted by atomic mass is 35.5. The van der Waals surface area contributed by atoms with Crippen molar-refractivity contribution in [1.29, 1.82) is 0 Å². The van der Waals surface area contributed by atoms with Crippen molar-refractivity contribution in [3.05, 3.63) is 99.2 Å². The van der Waals surface area contributed by atoms with Gasteiger partial charge in [0.25, 0.3) is 5.91 Å². The van der Waals surface area contributed by atoms with E-state index in [1.54, 1.807) is 12.1 Å². The lowest BCUT2D eigenvalue weighted by atomic mass is 9.98. The van der Waals surface area contributed by atoms with Gasteiger partial charge >= 0.3 is 5.97 Å². The van der Waals surface area contributed by atoms with Crippen molar-refractivity contribution < 1.29 is 19.4 Å². The van der Waals surface area contributed by atoms with Crippen molar-refractivity contribution in [3.63, 3.8) is 0 Å². The number of rotatable bonds is 9. The molecule has 0 radical (unpaired) electrons. The first-order valence-corrected chi connectivity index (χ1v) is 13.5. The minimum Gasteiger partial charge on any atom is -0.479 e. The summed E-state index contributed by atoms with van der Waals surface area (Å²) in [5.41, 5.74) is 7.02. The summed E-state index contributed by atoms with van der Waals surface area (Å²) in [6.45, 7) is 12.4. The second-order valence-corrected chi connectivity index (χ2v) is 10.8. The minimum atomic E-state index is -1.04. The van der Waals surface area contributed by atoms with E-state index in [2.05, 4.69) is 49.7 Å². The Hall–Kier alpha value is -3.77. The van der Waals surface area contributed by atoms with Crippen molar-refractivity contribution in [2.24, 2.45) is 0 Å². The number of nitrogens with one attached hydrogen (secondary N) is 1. The lowest BCUT2D eigenvalue weighted by molar-refractivity contribution is -0.144. The minimum absolute atomic E-state index is 0.113. The number of hydrogen-bond donors (Lipinski definition) is 2. The number of amides is 1. The van der Waals surface area contributed by atoms with Crippen LogP contribution >= 0.6 is 11.6 Å². The molecule has 1 heterocycles. The molecule has 2 atom stereocenters. The number of aromatic nitrogens is 1. The average molecular weight is 547 g/mol. The predicted octanol–water partition coefficient (Wildman–Crippen LogP) is 7.43. The van der Waals surface area contributed by atoms with Gasteiger partial charge in [0.2, 0.25) is 0 Å². The van der Waals surface area contributed by atoms with Gasteiger partial charge in [-0.05, 0) is 86.2 Å². The number of aryl methyl sites for hydroxylation is 1. The molecule has 0 saturated heterocycles. The van der Waals surface area contributed by atoms with Crippen molar-refractivity contribution >= 4 is 34.4 Å². The topological polar surface area (TPSA) is 80.6 Å². The van der Waals surface area contributed by atoms with Crippen LogP contribution in [0.4, 0.5) is 0 Å². The highest BCUT2D eigenvalue weighted by molar-refractivity contribution is 6.31. The van der Waals surface area contributed by atoms with E-state index in [9.17, 15) is 9.59 Å². The van der Waals surface area contributed by atoms with E-state index in [0.717, 1.165) is 33.3 Å². The molecule has 4 aromatic rings. The molecule has 3 aromatic carbocycles. The molecule has 204 valence electrons. The van der Waals surface area contributed by atoms with Crippen LogP contribution in [0.25, 0.3) is 10.9 Å². The Morgan fingerprint density at radius 1 is 0.974 bits per heavy atom. The van der Waals surface area contributed by atoms with Gasteiger partial charge in [0.1, 0.15) is 5.75 Å². The number of benzene rings is 3. The summed E-state index contributed by atoms with van der Waals surface area (Å²) in [7, 11) is 0. The van der Waals surface area contributed by atoms with Crippen LogP contribution in [-0.4, -0.2) is 27.7 Å². The van der Waals surface area contributed by atoms with Gasteiger partial charge in [-0.15, -0.1) is 0 Å². The van der Waals surface area contributed by atoms with Gasteiger partial charge < -0.3 is 19.7 Å². The predicted molar refractivity (Wildman–Crippen MR) is 156 cm³/mol. The summed E-state index contributed by atoms with van der Waals surface area (Å²) in [4.78, 5) is 24.3. The van der Waals surface area contributed by atoms with Gasteiger partial charge in [0, 0.05) is 33.7 Å². The third-order valence-electron chi connectivity index (χ3n) is 7.34. The van der Waals surface area contributed by atoms with E-state index >= 15 is 0 Å². The van der Waals surface area contributed by atoms with Gasteiger partial charge in [0.05, 0.1) is 6.04 Å². The number of carboxylic acid groups (broad SMARTS) is 1. The second kappa shape index (κ2) is 11.5. The number of hydrogen-bond acceptors (Lipinski definition) is 3. The van der Waals surface area contributed by atoms with Crippen LogP contribution in [0.2, 0.25) is 5.02 Å². The Labute approximate surface area is 234 Å². The van der Waals surface area contributed by atoms with Crippen LogP contribution in [0.3, 0.4) is 0 Å². The Bertz CT molecular complexity index is 1540. The molecule has 0 aliphatic carbocycles. The van der Waals surface area contributed by atoms with Crippen molar-refractivity contribution in [3.8, 4) is 5.75 Å². The summed E-state index contributed by atoms with van der Waals surface area (Å²) in [5.74, 6) is -0.321. The third-order valence-corrected chi connectivity index (χ3v) is 7.69. The first-order chi connectivity index (χ1) is 18.5.